The third kappa shape index (κ3) is 5.86. The van der Waals surface area contributed by atoms with Gasteiger partial charge in [-0.05, 0) is 61.6 Å². The van der Waals surface area contributed by atoms with Gasteiger partial charge in [-0.15, -0.1) is 11.8 Å². The first-order valence-electron chi connectivity index (χ1n) is 10.3. The van der Waals surface area contributed by atoms with E-state index in [1.807, 2.05) is 6.92 Å². The number of benzene rings is 2. The van der Waals surface area contributed by atoms with Crippen LogP contribution in [0.3, 0.4) is 0 Å². The van der Waals surface area contributed by atoms with Gasteiger partial charge >= 0.3 is 6.18 Å². The lowest BCUT2D eigenvalue weighted by molar-refractivity contribution is -0.137. The van der Waals surface area contributed by atoms with Crippen molar-refractivity contribution in [1.29, 1.82) is 0 Å². The number of hydrogen-bond acceptors (Lipinski definition) is 4. The summed E-state index contributed by atoms with van der Waals surface area (Å²) in [4.78, 5) is 15.3. The average molecular weight is 486 g/mol. The van der Waals surface area contributed by atoms with Crippen molar-refractivity contribution in [3.63, 3.8) is 0 Å². The second-order valence-corrected chi connectivity index (χ2v) is 11.7. The molecule has 1 fully saturated rings. The molecule has 1 atom stereocenters. The van der Waals surface area contributed by atoms with E-state index >= 15 is 0 Å². The van der Waals surface area contributed by atoms with Crippen LogP contribution in [0.4, 0.5) is 13.2 Å². The fourth-order valence-electron chi connectivity index (χ4n) is 3.91. The first-order chi connectivity index (χ1) is 14.9. The zero-order valence-corrected chi connectivity index (χ0v) is 19.8. The van der Waals surface area contributed by atoms with E-state index in [2.05, 4.69) is 0 Å². The van der Waals surface area contributed by atoms with E-state index in [1.54, 1.807) is 30.0 Å². The summed E-state index contributed by atoms with van der Waals surface area (Å²) in [5, 5.41) is 0.0849. The number of likely N-dealkylation sites (tertiary alicyclic amines) is 1. The van der Waals surface area contributed by atoms with Gasteiger partial charge in [0.25, 0.3) is 5.91 Å². The Kier molecular flexibility index (Phi) is 7.29. The lowest BCUT2D eigenvalue weighted by Crippen LogP contribution is -2.40. The molecule has 9 heteroatoms. The summed E-state index contributed by atoms with van der Waals surface area (Å²) in [6.07, 6.45) is -1.86. The smallest absolute Gasteiger partial charge is 0.339 e. The second-order valence-electron chi connectivity index (χ2n) is 8.25. The third-order valence-electron chi connectivity index (χ3n) is 5.74. The van der Waals surface area contributed by atoms with Crippen molar-refractivity contribution in [2.45, 2.75) is 47.9 Å². The molecule has 1 unspecified atom stereocenters. The van der Waals surface area contributed by atoms with Crippen LogP contribution < -0.4 is 0 Å². The summed E-state index contributed by atoms with van der Waals surface area (Å²) in [5.74, 6) is -0.0620. The van der Waals surface area contributed by atoms with Gasteiger partial charge in [-0.25, -0.2) is 8.42 Å². The number of halogens is 3. The molecule has 0 N–H and O–H groups in total. The van der Waals surface area contributed by atoms with Crippen LogP contribution in [0.15, 0.2) is 52.3 Å². The minimum Gasteiger partial charge on any atom is -0.339 e. The van der Waals surface area contributed by atoms with Crippen LogP contribution >= 0.6 is 11.8 Å². The SMILES string of the molecule is Cc1ccc(C(=O)N2CCC(C(C)Sc3cccc(C(F)(F)F)c3)CC2)c(S(C)(=O)=O)c1. The Morgan fingerprint density at radius 1 is 1.12 bits per heavy atom. The molecule has 3 rings (SSSR count). The molecule has 0 spiro atoms. The Bertz CT molecular complexity index is 1090. The van der Waals surface area contributed by atoms with Gasteiger partial charge in [-0.2, -0.15) is 13.2 Å². The van der Waals surface area contributed by atoms with Gasteiger partial charge in [0.1, 0.15) is 0 Å². The van der Waals surface area contributed by atoms with Gasteiger partial charge in [0, 0.05) is 29.5 Å². The number of rotatable bonds is 5. The summed E-state index contributed by atoms with van der Waals surface area (Å²) in [6, 6.07) is 10.1. The van der Waals surface area contributed by atoms with E-state index in [-0.39, 0.29) is 27.5 Å². The second kappa shape index (κ2) is 9.47. The molecule has 0 aromatic heterocycles. The molecular formula is C23H26F3NO3S2. The summed E-state index contributed by atoms with van der Waals surface area (Å²) in [6.45, 7) is 4.73. The Hall–Kier alpha value is -2.00. The quantitative estimate of drug-likeness (QED) is 0.529. The van der Waals surface area contributed by atoms with Crippen molar-refractivity contribution in [1.82, 2.24) is 4.90 Å². The maximum atomic E-state index is 13.0. The molecule has 2 aromatic rings. The number of sulfone groups is 1. The van der Waals surface area contributed by atoms with Crippen LogP contribution in [0.5, 0.6) is 0 Å². The normalized spacial score (nSPS) is 16.8. The standard InChI is InChI=1S/C23H26F3NO3S2/c1-15-7-8-20(21(13-15)32(3,29)30)22(28)27-11-9-17(10-12-27)16(2)31-19-6-4-5-18(14-19)23(24,25)26/h4-8,13-14,16-17H,9-12H2,1-3H3. The molecule has 2 aromatic carbocycles. The van der Waals surface area contributed by atoms with E-state index in [1.165, 1.54) is 30.0 Å². The molecule has 1 amide bonds. The van der Waals surface area contributed by atoms with Gasteiger partial charge in [-0.3, -0.25) is 4.79 Å². The fraction of sp³-hybridized carbons (Fsp3) is 0.435. The van der Waals surface area contributed by atoms with Gasteiger partial charge in [-0.1, -0.05) is 19.1 Å². The molecule has 0 saturated carbocycles. The summed E-state index contributed by atoms with van der Waals surface area (Å²) >= 11 is 1.41. The molecular weight excluding hydrogens is 459 g/mol. The Labute approximate surface area is 191 Å². The van der Waals surface area contributed by atoms with Crippen molar-refractivity contribution >= 4 is 27.5 Å². The predicted octanol–water partition coefficient (Wildman–Crippen LogP) is 5.45. The molecule has 0 bridgehead atoms. The highest BCUT2D eigenvalue weighted by molar-refractivity contribution is 8.00. The fourth-order valence-corrected chi connectivity index (χ4v) is 6.11. The number of piperidine rings is 1. The zero-order valence-electron chi connectivity index (χ0n) is 18.1. The van der Waals surface area contributed by atoms with Crippen molar-refractivity contribution in [2.24, 2.45) is 5.92 Å². The molecule has 1 aliphatic rings. The number of alkyl halides is 3. The van der Waals surface area contributed by atoms with Gasteiger partial charge in [0.15, 0.2) is 9.84 Å². The van der Waals surface area contributed by atoms with Gasteiger partial charge in [0.2, 0.25) is 0 Å². The van der Waals surface area contributed by atoms with E-state index in [9.17, 15) is 26.4 Å². The highest BCUT2D eigenvalue weighted by Crippen LogP contribution is 2.37. The van der Waals surface area contributed by atoms with Crippen LogP contribution in [-0.2, 0) is 16.0 Å². The van der Waals surface area contributed by atoms with Crippen molar-refractivity contribution in [3.05, 3.63) is 59.2 Å². The average Bonchev–Trinajstić information content (AvgIpc) is 2.72. The maximum Gasteiger partial charge on any atom is 0.416 e. The van der Waals surface area contributed by atoms with Crippen LogP contribution in [0.25, 0.3) is 0 Å². The number of carbonyl (C=O) groups is 1. The van der Waals surface area contributed by atoms with E-state index in [0.29, 0.717) is 30.8 Å². The first-order valence-corrected chi connectivity index (χ1v) is 13.1. The van der Waals surface area contributed by atoms with Crippen LogP contribution in [0, 0.1) is 12.8 Å². The van der Waals surface area contributed by atoms with Gasteiger partial charge < -0.3 is 4.90 Å². The van der Waals surface area contributed by atoms with Crippen molar-refractivity contribution < 1.29 is 26.4 Å². The minimum atomic E-state index is -4.37. The Morgan fingerprint density at radius 3 is 2.38 bits per heavy atom. The van der Waals surface area contributed by atoms with Crippen molar-refractivity contribution in [3.8, 4) is 0 Å². The minimum absolute atomic E-state index is 0.0399. The molecule has 32 heavy (non-hydrogen) atoms. The van der Waals surface area contributed by atoms with E-state index in [4.69, 9.17) is 0 Å². The number of amides is 1. The van der Waals surface area contributed by atoms with E-state index < -0.39 is 21.6 Å². The molecule has 1 aliphatic heterocycles. The number of aryl methyl sites for hydroxylation is 1. The number of carbonyl (C=O) groups excluding carboxylic acids is 1. The number of thioether (sulfide) groups is 1. The number of nitrogens with zero attached hydrogens (tertiary/aromatic N) is 1. The zero-order chi connectivity index (χ0) is 23.7. The summed E-state index contributed by atoms with van der Waals surface area (Å²) < 4.78 is 63.2. The Balaban J connectivity index is 1.65. The predicted molar refractivity (Wildman–Crippen MR) is 120 cm³/mol. The third-order valence-corrected chi connectivity index (χ3v) is 8.16. The molecule has 0 radical (unpaired) electrons. The molecule has 0 aliphatic carbocycles. The molecule has 1 saturated heterocycles. The van der Waals surface area contributed by atoms with Crippen LogP contribution in [0.1, 0.15) is 41.3 Å². The Morgan fingerprint density at radius 2 is 1.78 bits per heavy atom. The van der Waals surface area contributed by atoms with Crippen molar-refractivity contribution in [2.75, 3.05) is 19.3 Å². The number of hydrogen-bond donors (Lipinski definition) is 0. The first kappa shape index (κ1) is 24.6. The highest BCUT2D eigenvalue weighted by atomic mass is 32.2. The molecule has 1 heterocycles. The lowest BCUT2D eigenvalue weighted by atomic mass is 9.93. The lowest BCUT2D eigenvalue weighted by Gasteiger charge is -2.35. The maximum absolute atomic E-state index is 13.0. The summed E-state index contributed by atoms with van der Waals surface area (Å²) in [5.41, 5.74) is 0.291. The van der Waals surface area contributed by atoms with Crippen LogP contribution in [-0.4, -0.2) is 43.8 Å². The summed E-state index contributed by atoms with van der Waals surface area (Å²) in [7, 11) is -3.54. The topological polar surface area (TPSA) is 54.5 Å². The molecule has 174 valence electrons. The monoisotopic (exact) mass is 485 g/mol. The van der Waals surface area contributed by atoms with Crippen LogP contribution in [0.2, 0.25) is 0 Å². The van der Waals surface area contributed by atoms with Gasteiger partial charge in [0.05, 0.1) is 16.0 Å². The largest absolute Gasteiger partial charge is 0.416 e. The van der Waals surface area contributed by atoms with E-state index in [0.717, 1.165) is 17.9 Å². The molecule has 4 nitrogen and oxygen atoms in total. The highest BCUT2D eigenvalue weighted by Gasteiger charge is 2.32.